The number of primary amides is 1. The topological polar surface area (TPSA) is 110 Å². The second-order valence-corrected chi connectivity index (χ2v) is 12.7. The molecule has 3 amide bonds. The molecule has 7 nitrogen and oxygen atoms in total. The molecular weight excluding hydrogens is 518 g/mol. The Bertz CT molecular complexity index is 1420. The van der Waals surface area contributed by atoms with Gasteiger partial charge in [0.25, 0.3) is 0 Å². The van der Waals surface area contributed by atoms with E-state index in [2.05, 4.69) is 5.32 Å². The number of nitrogens with two attached hydrogens (primary N) is 1. The largest absolute Gasteiger partial charge is 0.368 e. The van der Waals surface area contributed by atoms with Crippen LogP contribution in [0.15, 0.2) is 41.8 Å². The number of ketones is 1. The summed E-state index contributed by atoms with van der Waals surface area (Å²) in [6.07, 6.45) is 1.54. The number of anilines is 1. The highest BCUT2D eigenvalue weighted by molar-refractivity contribution is 7.12. The van der Waals surface area contributed by atoms with Crippen LogP contribution < -0.4 is 11.1 Å². The molecule has 1 aliphatic carbocycles. The van der Waals surface area contributed by atoms with Gasteiger partial charge >= 0.3 is 0 Å². The molecule has 5 rings (SSSR count). The van der Waals surface area contributed by atoms with Crippen LogP contribution in [-0.4, -0.2) is 34.4 Å². The van der Waals surface area contributed by atoms with Crippen LogP contribution >= 0.6 is 22.7 Å². The number of carbonyl (C=O) groups is 4. The van der Waals surface area contributed by atoms with Gasteiger partial charge in [-0.15, -0.1) is 22.7 Å². The average molecular weight is 550 g/mol. The molecule has 0 radical (unpaired) electrons. The summed E-state index contributed by atoms with van der Waals surface area (Å²) in [4.78, 5) is 57.6. The van der Waals surface area contributed by atoms with Crippen molar-refractivity contribution in [2.75, 3.05) is 5.32 Å². The average Bonchev–Trinajstić information content (AvgIpc) is 3.40. The van der Waals surface area contributed by atoms with E-state index in [9.17, 15) is 19.2 Å². The minimum Gasteiger partial charge on any atom is -0.368 e. The molecule has 0 bridgehead atoms. The number of Topliss-reactive ketones (excluding diaryl/α,β-unsaturated/α-hetero) is 1. The van der Waals surface area contributed by atoms with Crippen LogP contribution in [0.25, 0.3) is 0 Å². The number of hydrogen-bond acceptors (Lipinski definition) is 6. The first-order chi connectivity index (χ1) is 18.1. The number of likely N-dealkylation sites (tertiary alicyclic amines) is 1. The lowest BCUT2D eigenvalue weighted by Gasteiger charge is -2.30. The fourth-order valence-corrected chi connectivity index (χ4v) is 7.76. The van der Waals surface area contributed by atoms with E-state index in [0.717, 1.165) is 38.6 Å². The number of aryl methyl sites for hydroxylation is 3. The van der Waals surface area contributed by atoms with Crippen molar-refractivity contribution in [2.24, 2.45) is 17.6 Å². The molecule has 1 saturated heterocycles. The second kappa shape index (κ2) is 10.1. The van der Waals surface area contributed by atoms with Crippen LogP contribution in [-0.2, 0) is 14.4 Å². The molecule has 2 aromatic heterocycles. The van der Waals surface area contributed by atoms with Crippen molar-refractivity contribution in [3.63, 3.8) is 0 Å². The Labute approximate surface area is 230 Å². The summed E-state index contributed by atoms with van der Waals surface area (Å²) in [5.41, 5.74) is 9.01. The van der Waals surface area contributed by atoms with Crippen molar-refractivity contribution < 1.29 is 19.2 Å². The first-order valence-electron chi connectivity index (χ1n) is 12.7. The molecule has 1 aliphatic heterocycles. The predicted molar refractivity (Wildman–Crippen MR) is 149 cm³/mol. The molecule has 2 fully saturated rings. The van der Waals surface area contributed by atoms with E-state index in [4.69, 9.17) is 5.73 Å². The van der Waals surface area contributed by atoms with Gasteiger partial charge in [-0.3, -0.25) is 19.2 Å². The fraction of sp³-hybridized carbons (Fsp3) is 0.379. The van der Waals surface area contributed by atoms with Gasteiger partial charge in [0.15, 0.2) is 5.78 Å². The van der Waals surface area contributed by atoms with E-state index in [1.807, 2.05) is 50.4 Å². The molecule has 38 heavy (non-hydrogen) atoms. The molecule has 1 aromatic carbocycles. The highest BCUT2D eigenvalue weighted by Gasteiger charge is 2.59. The third kappa shape index (κ3) is 4.69. The number of thiophene rings is 2. The van der Waals surface area contributed by atoms with E-state index in [1.54, 1.807) is 28.4 Å². The Morgan fingerprint density at radius 3 is 2.21 bits per heavy atom. The van der Waals surface area contributed by atoms with E-state index in [1.165, 1.54) is 18.3 Å². The molecule has 1 saturated carbocycles. The number of nitrogens with one attached hydrogen (secondary N) is 1. The Kier molecular flexibility index (Phi) is 7.00. The van der Waals surface area contributed by atoms with E-state index < -0.39 is 29.8 Å². The van der Waals surface area contributed by atoms with Crippen LogP contribution in [0, 0.1) is 32.6 Å². The standard InChI is InChI=1S/C29H31N3O4S2/c1-14-11-12-37-27(14)24-23(26(34)21-13-15(2)38-16(21)3)22(18-7-9-20(10-8-18)31-17(4)33)25(28(30)35)32(24)29(36)19-5-6-19/h7-13,19,22-25H,5-6H2,1-4H3,(H2,30,35)(H,31,33). The zero-order valence-corrected chi connectivity index (χ0v) is 23.4. The number of nitrogens with zero attached hydrogens (tertiary/aromatic N) is 1. The molecule has 3 heterocycles. The zero-order valence-electron chi connectivity index (χ0n) is 21.8. The van der Waals surface area contributed by atoms with Crippen LogP contribution in [0.2, 0.25) is 0 Å². The van der Waals surface area contributed by atoms with Crippen molar-refractivity contribution in [1.29, 1.82) is 0 Å². The maximum absolute atomic E-state index is 14.5. The lowest BCUT2D eigenvalue weighted by Crippen LogP contribution is -2.47. The molecule has 2 aliphatic rings. The van der Waals surface area contributed by atoms with Crippen molar-refractivity contribution in [3.8, 4) is 0 Å². The second-order valence-electron chi connectivity index (χ2n) is 10.3. The van der Waals surface area contributed by atoms with Gasteiger partial charge < -0.3 is 16.0 Å². The lowest BCUT2D eigenvalue weighted by molar-refractivity contribution is -0.140. The van der Waals surface area contributed by atoms with Gasteiger partial charge in [0, 0.05) is 44.6 Å². The first kappa shape index (κ1) is 26.3. The monoisotopic (exact) mass is 549 g/mol. The Hall–Kier alpha value is -3.30. The molecule has 4 atom stereocenters. The van der Waals surface area contributed by atoms with E-state index >= 15 is 0 Å². The summed E-state index contributed by atoms with van der Waals surface area (Å²) in [6, 6.07) is 9.46. The Morgan fingerprint density at radius 1 is 1.03 bits per heavy atom. The molecule has 3 N–H and O–H groups in total. The highest BCUT2D eigenvalue weighted by atomic mass is 32.1. The molecule has 0 spiro atoms. The third-order valence-electron chi connectivity index (χ3n) is 7.53. The van der Waals surface area contributed by atoms with Crippen LogP contribution in [0.5, 0.6) is 0 Å². The SMILES string of the molecule is CC(=O)Nc1ccc(C2C(C(=O)c3cc(C)sc3C)C(c3sccc3C)N(C(=O)C3CC3)C2C(N)=O)cc1. The van der Waals surface area contributed by atoms with Crippen molar-refractivity contribution in [3.05, 3.63) is 73.1 Å². The quantitative estimate of drug-likeness (QED) is 0.399. The van der Waals surface area contributed by atoms with Crippen LogP contribution in [0.3, 0.4) is 0 Å². The number of benzene rings is 1. The first-order valence-corrected chi connectivity index (χ1v) is 14.4. The van der Waals surface area contributed by atoms with Crippen molar-refractivity contribution >= 4 is 51.9 Å². The molecular formula is C29H31N3O4S2. The summed E-state index contributed by atoms with van der Waals surface area (Å²) >= 11 is 3.06. The lowest BCUT2D eigenvalue weighted by atomic mass is 9.76. The fourth-order valence-electron chi connectivity index (χ4n) is 5.76. The van der Waals surface area contributed by atoms with E-state index in [0.29, 0.717) is 11.3 Å². The molecule has 198 valence electrons. The van der Waals surface area contributed by atoms with Gasteiger partial charge in [-0.05, 0) is 74.4 Å². The number of rotatable bonds is 7. The van der Waals surface area contributed by atoms with Crippen LogP contribution in [0.4, 0.5) is 5.69 Å². The summed E-state index contributed by atoms with van der Waals surface area (Å²) in [5, 5.41) is 4.72. The van der Waals surface area contributed by atoms with Gasteiger partial charge in [-0.1, -0.05) is 12.1 Å². The van der Waals surface area contributed by atoms with Gasteiger partial charge in [-0.2, -0.15) is 0 Å². The molecule has 3 aromatic rings. The Balaban J connectivity index is 1.72. The number of amides is 3. The minimum atomic E-state index is -0.977. The van der Waals surface area contributed by atoms with Gasteiger partial charge in [0.05, 0.1) is 12.0 Å². The summed E-state index contributed by atoms with van der Waals surface area (Å²) in [7, 11) is 0. The number of carbonyl (C=O) groups excluding carboxylic acids is 4. The van der Waals surface area contributed by atoms with Gasteiger partial charge in [0.1, 0.15) is 6.04 Å². The normalized spacial score (nSPS) is 22.9. The summed E-state index contributed by atoms with van der Waals surface area (Å²) in [6.45, 7) is 7.31. The van der Waals surface area contributed by atoms with Crippen molar-refractivity contribution in [2.45, 2.75) is 58.5 Å². The van der Waals surface area contributed by atoms with Gasteiger partial charge in [-0.25, -0.2) is 0 Å². The molecule has 9 heteroatoms. The summed E-state index contributed by atoms with van der Waals surface area (Å²) in [5.74, 6) is -2.51. The third-order valence-corrected chi connectivity index (χ3v) is 9.59. The maximum atomic E-state index is 14.5. The summed E-state index contributed by atoms with van der Waals surface area (Å²) < 4.78 is 0. The highest BCUT2D eigenvalue weighted by Crippen LogP contribution is 2.54. The number of hydrogen-bond donors (Lipinski definition) is 2. The molecule has 4 unspecified atom stereocenters. The van der Waals surface area contributed by atoms with E-state index in [-0.39, 0.29) is 23.5 Å². The van der Waals surface area contributed by atoms with Crippen LogP contribution in [0.1, 0.15) is 67.8 Å². The minimum absolute atomic E-state index is 0.0852. The van der Waals surface area contributed by atoms with Gasteiger partial charge in [0.2, 0.25) is 17.7 Å². The zero-order chi connectivity index (χ0) is 27.3. The Morgan fingerprint density at radius 2 is 1.71 bits per heavy atom. The van der Waals surface area contributed by atoms with Crippen molar-refractivity contribution in [1.82, 2.24) is 4.90 Å². The predicted octanol–water partition coefficient (Wildman–Crippen LogP) is 5.12. The smallest absolute Gasteiger partial charge is 0.240 e. The maximum Gasteiger partial charge on any atom is 0.240 e.